The highest BCUT2D eigenvalue weighted by Crippen LogP contribution is 2.18. The van der Waals surface area contributed by atoms with E-state index in [1.165, 1.54) is 12.1 Å². The van der Waals surface area contributed by atoms with Crippen LogP contribution in [0.25, 0.3) is 0 Å². The minimum absolute atomic E-state index is 0.148. The number of rotatable bonds is 6. The van der Waals surface area contributed by atoms with Crippen LogP contribution in [0.15, 0.2) is 42.5 Å². The van der Waals surface area contributed by atoms with E-state index in [0.29, 0.717) is 23.7 Å². The maximum Gasteiger partial charge on any atom is 0.253 e. The minimum Gasteiger partial charge on any atom is -0.352 e. The average molecular weight is 363 g/mol. The molecular weight excluding hydrogens is 343 g/mol. The Hall–Kier alpha value is -2.40. The Labute approximate surface area is 151 Å². The first-order chi connectivity index (χ1) is 11.9. The molecule has 2 aromatic carbocycles. The molecule has 0 aliphatic heterocycles. The van der Waals surface area contributed by atoms with Gasteiger partial charge >= 0.3 is 0 Å². The molecule has 0 bridgehead atoms. The number of hydrogen-bond donors (Lipinski definition) is 2. The number of benzene rings is 2. The molecule has 2 N–H and O–H groups in total. The first-order valence-electron chi connectivity index (χ1n) is 7.98. The van der Waals surface area contributed by atoms with E-state index < -0.39 is 11.7 Å². The molecular formula is C19H20ClFN2O2. The highest BCUT2D eigenvalue weighted by molar-refractivity contribution is 6.30. The number of carbonyl (C=O) groups is 2. The van der Waals surface area contributed by atoms with Crippen molar-refractivity contribution in [3.8, 4) is 0 Å². The van der Waals surface area contributed by atoms with Crippen molar-refractivity contribution in [1.82, 2.24) is 5.32 Å². The molecule has 0 aliphatic carbocycles. The summed E-state index contributed by atoms with van der Waals surface area (Å²) < 4.78 is 13.8. The van der Waals surface area contributed by atoms with Gasteiger partial charge in [-0.1, -0.05) is 43.6 Å². The molecule has 0 unspecified atom stereocenters. The Bertz CT molecular complexity index is 778. The van der Waals surface area contributed by atoms with Crippen LogP contribution in [0.4, 0.5) is 10.1 Å². The first kappa shape index (κ1) is 18.9. The monoisotopic (exact) mass is 362 g/mol. The van der Waals surface area contributed by atoms with Crippen molar-refractivity contribution in [3.05, 3.63) is 64.4 Å². The van der Waals surface area contributed by atoms with Gasteiger partial charge in [-0.3, -0.25) is 9.59 Å². The molecule has 6 heteroatoms. The summed E-state index contributed by atoms with van der Waals surface area (Å²) in [6, 6.07) is 10.9. The van der Waals surface area contributed by atoms with Gasteiger partial charge < -0.3 is 10.6 Å². The fraction of sp³-hybridized carbons (Fsp3) is 0.263. The summed E-state index contributed by atoms with van der Waals surface area (Å²) in [6.45, 7) is 4.53. The third-order valence-electron chi connectivity index (χ3n) is 3.48. The highest BCUT2D eigenvalue weighted by Gasteiger charge is 2.14. The lowest BCUT2D eigenvalue weighted by atomic mass is 10.1. The molecule has 2 aromatic rings. The number of halogens is 2. The van der Waals surface area contributed by atoms with Crippen molar-refractivity contribution >= 4 is 29.1 Å². The Kier molecular flexibility index (Phi) is 6.53. The van der Waals surface area contributed by atoms with Crippen molar-refractivity contribution < 1.29 is 14.0 Å². The molecule has 0 aliphatic rings. The zero-order valence-electron chi connectivity index (χ0n) is 14.1. The molecule has 2 rings (SSSR count). The molecule has 0 fully saturated rings. The number of anilines is 1. The van der Waals surface area contributed by atoms with Crippen LogP contribution in [0.5, 0.6) is 0 Å². The van der Waals surface area contributed by atoms with Gasteiger partial charge in [0.05, 0.1) is 17.7 Å². The number of amides is 2. The number of carbonyl (C=O) groups excluding carboxylic acids is 2. The fourth-order valence-corrected chi connectivity index (χ4v) is 2.37. The standard InChI is InChI=1S/C19H20ClFN2O2/c1-12(2)11-22-19(25)15-5-3-4-6-17(15)23-18(24)9-13-7-8-14(20)10-16(13)21/h3-8,10,12H,9,11H2,1-2H3,(H,22,25)(H,23,24). The third-order valence-corrected chi connectivity index (χ3v) is 3.72. The molecule has 0 spiro atoms. The predicted octanol–water partition coefficient (Wildman–Crippen LogP) is 4.05. The van der Waals surface area contributed by atoms with E-state index in [2.05, 4.69) is 10.6 Å². The quantitative estimate of drug-likeness (QED) is 0.814. The fourth-order valence-electron chi connectivity index (χ4n) is 2.21. The number of hydrogen-bond acceptors (Lipinski definition) is 2. The molecule has 0 saturated heterocycles. The molecule has 25 heavy (non-hydrogen) atoms. The zero-order chi connectivity index (χ0) is 18.4. The zero-order valence-corrected chi connectivity index (χ0v) is 14.9. The highest BCUT2D eigenvalue weighted by atomic mass is 35.5. The van der Waals surface area contributed by atoms with Gasteiger partial charge in [-0.2, -0.15) is 0 Å². The second-order valence-electron chi connectivity index (χ2n) is 6.11. The van der Waals surface area contributed by atoms with Crippen LogP contribution in [0.3, 0.4) is 0 Å². The summed E-state index contributed by atoms with van der Waals surface area (Å²) in [5.74, 6) is -0.892. The Morgan fingerprint density at radius 3 is 2.56 bits per heavy atom. The lowest BCUT2D eigenvalue weighted by Crippen LogP contribution is -2.28. The molecule has 0 aromatic heterocycles. The molecule has 4 nitrogen and oxygen atoms in total. The van der Waals surface area contributed by atoms with Crippen molar-refractivity contribution in [1.29, 1.82) is 0 Å². The lowest BCUT2D eigenvalue weighted by molar-refractivity contribution is -0.115. The van der Waals surface area contributed by atoms with Gasteiger partial charge in [0.1, 0.15) is 5.82 Å². The van der Waals surface area contributed by atoms with E-state index in [1.807, 2.05) is 13.8 Å². The van der Waals surface area contributed by atoms with Crippen molar-refractivity contribution in [2.24, 2.45) is 5.92 Å². The Morgan fingerprint density at radius 1 is 1.16 bits per heavy atom. The topological polar surface area (TPSA) is 58.2 Å². The largest absolute Gasteiger partial charge is 0.352 e. The van der Waals surface area contributed by atoms with Gasteiger partial charge in [-0.05, 0) is 35.7 Å². The Balaban J connectivity index is 2.09. The summed E-state index contributed by atoms with van der Waals surface area (Å²) in [4.78, 5) is 24.5. The second kappa shape index (κ2) is 8.62. The van der Waals surface area contributed by atoms with Crippen LogP contribution in [0.2, 0.25) is 5.02 Å². The maximum atomic E-state index is 13.8. The van der Waals surface area contributed by atoms with Crippen LogP contribution < -0.4 is 10.6 Å². The van der Waals surface area contributed by atoms with E-state index in [1.54, 1.807) is 24.3 Å². The van der Waals surface area contributed by atoms with E-state index in [-0.39, 0.29) is 22.9 Å². The molecule has 132 valence electrons. The summed E-state index contributed by atoms with van der Waals surface area (Å²) in [5.41, 5.74) is 1.000. The van der Waals surface area contributed by atoms with Crippen LogP contribution in [0, 0.1) is 11.7 Å². The van der Waals surface area contributed by atoms with E-state index in [4.69, 9.17) is 11.6 Å². The van der Waals surface area contributed by atoms with Crippen LogP contribution in [-0.4, -0.2) is 18.4 Å². The van der Waals surface area contributed by atoms with Crippen molar-refractivity contribution in [2.45, 2.75) is 20.3 Å². The summed E-state index contributed by atoms with van der Waals surface area (Å²) in [7, 11) is 0. The van der Waals surface area contributed by atoms with Crippen molar-refractivity contribution in [3.63, 3.8) is 0 Å². The average Bonchev–Trinajstić information content (AvgIpc) is 2.55. The summed E-state index contributed by atoms with van der Waals surface area (Å²) in [5, 5.41) is 5.75. The van der Waals surface area contributed by atoms with E-state index in [0.717, 1.165) is 6.07 Å². The van der Waals surface area contributed by atoms with E-state index in [9.17, 15) is 14.0 Å². The van der Waals surface area contributed by atoms with Gasteiger partial charge in [0.15, 0.2) is 0 Å². The van der Waals surface area contributed by atoms with E-state index >= 15 is 0 Å². The SMILES string of the molecule is CC(C)CNC(=O)c1ccccc1NC(=O)Cc1ccc(Cl)cc1F. The molecule has 0 heterocycles. The Morgan fingerprint density at radius 2 is 1.88 bits per heavy atom. The predicted molar refractivity (Wildman–Crippen MR) is 97.4 cm³/mol. The van der Waals surface area contributed by atoms with Gasteiger partial charge in [-0.15, -0.1) is 0 Å². The van der Waals surface area contributed by atoms with Gasteiger partial charge in [0.2, 0.25) is 5.91 Å². The molecule has 0 atom stereocenters. The molecule has 2 amide bonds. The second-order valence-corrected chi connectivity index (χ2v) is 6.55. The maximum absolute atomic E-state index is 13.8. The third kappa shape index (κ3) is 5.57. The smallest absolute Gasteiger partial charge is 0.253 e. The van der Waals surface area contributed by atoms with Crippen LogP contribution in [-0.2, 0) is 11.2 Å². The van der Waals surface area contributed by atoms with Crippen molar-refractivity contribution in [2.75, 3.05) is 11.9 Å². The van der Waals surface area contributed by atoms with Gasteiger partial charge in [-0.25, -0.2) is 4.39 Å². The molecule has 0 radical (unpaired) electrons. The minimum atomic E-state index is -0.536. The van der Waals surface area contributed by atoms with Gasteiger partial charge in [0, 0.05) is 11.6 Å². The normalized spacial score (nSPS) is 10.6. The number of nitrogens with one attached hydrogen (secondary N) is 2. The lowest BCUT2D eigenvalue weighted by Gasteiger charge is -2.12. The first-order valence-corrected chi connectivity index (χ1v) is 8.35. The van der Waals surface area contributed by atoms with Crippen LogP contribution in [0.1, 0.15) is 29.8 Å². The summed E-state index contributed by atoms with van der Waals surface area (Å²) in [6.07, 6.45) is -0.148. The van der Waals surface area contributed by atoms with Gasteiger partial charge in [0.25, 0.3) is 5.91 Å². The summed E-state index contributed by atoms with van der Waals surface area (Å²) >= 11 is 5.71. The van der Waals surface area contributed by atoms with Crippen LogP contribution >= 0.6 is 11.6 Å². The molecule has 0 saturated carbocycles. The number of para-hydroxylation sites is 1.